The van der Waals surface area contributed by atoms with Crippen LogP contribution >= 0.6 is 25.3 Å². The molecule has 0 aliphatic heterocycles. The smallest absolute Gasteiger partial charge is 0.313 e. The third-order valence-corrected chi connectivity index (χ3v) is 5.16. The molecule has 10 nitrogen and oxygen atoms in total. The Bertz CT molecular complexity index is 914. The summed E-state index contributed by atoms with van der Waals surface area (Å²) in [5.41, 5.74) is -0.315. The molecule has 2 aromatic heterocycles. The van der Waals surface area contributed by atoms with E-state index in [4.69, 9.17) is 4.55 Å². The highest BCUT2D eigenvalue weighted by Gasteiger charge is 2.30. The molecular formula is C11H12N2O8S3. The molecular weight excluding hydrogens is 384 g/mol. The first kappa shape index (κ1) is 18.4. The van der Waals surface area contributed by atoms with Crippen LogP contribution in [0.1, 0.15) is 11.5 Å². The van der Waals surface area contributed by atoms with E-state index in [1.165, 1.54) is 0 Å². The second-order valence-corrected chi connectivity index (χ2v) is 7.03. The van der Waals surface area contributed by atoms with E-state index in [1.54, 1.807) is 0 Å². The van der Waals surface area contributed by atoms with Crippen molar-refractivity contribution in [2.75, 3.05) is 0 Å². The normalized spacial score (nSPS) is 13.1. The number of rotatable bonds is 5. The van der Waals surface area contributed by atoms with Crippen LogP contribution in [0.3, 0.4) is 0 Å². The number of thiol groups is 2. The van der Waals surface area contributed by atoms with Crippen LogP contribution in [0.15, 0.2) is 27.1 Å². The van der Waals surface area contributed by atoms with Crippen molar-refractivity contribution in [2.24, 2.45) is 0 Å². The first-order valence-corrected chi connectivity index (χ1v) is 8.43. The largest absolute Gasteiger partial charge is 0.492 e. The number of carboxylic acids is 1. The fourth-order valence-corrected chi connectivity index (χ4v) is 3.79. The number of hydrogen-bond donors (Lipinski definition) is 7. The Hall–Kier alpha value is -1.96. The standard InChI is InChI=1S/C11H12N2O8S3/c14-7-1-4(9(15)13(7)18)5(11(16)17)3-12-8(22)2-6(10(12)23)24(19,20)21/h1-2,5,14-15,18,22-23H,3H2,(H,16,17)(H,19,20,21). The van der Waals surface area contributed by atoms with E-state index in [9.17, 15) is 33.7 Å². The van der Waals surface area contributed by atoms with Crippen LogP contribution in [0.2, 0.25) is 0 Å². The summed E-state index contributed by atoms with van der Waals surface area (Å²) in [6.07, 6.45) is 0. The van der Waals surface area contributed by atoms with E-state index >= 15 is 0 Å². The van der Waals surface area contributed by atoms with Crippen molar-refractivity contribution < 1.29 is 38.3 Å². The van der Waals surface area contributed by atoms with E-state index < -0.39 is 45.2 Å². The van der Waals surface area contributed by atoms with Gasteiger partial charge in [0.05, 0.1) is 10.1 Å². The SMILES string of the molecule is O=C(O)C(Cn1c(S)cc(S(=O)(=O)O)c1S)c1cc(O)n(O)c1O. The zero-order valence-electron chi connectivity index (χ0n) is 11.6. The van der Waals surface area contributed by atoms with Gasteiger partial charge in [-0.05, 0) is 6.07 Å². The highest BCUT2D eigenvalue weighted by Crippen LogP contribution is 2.35. The molecule has 0 amide bonds. The summed E-state index contributed by atoms with van der Waals surface area (Å²) in [5, 5.41) is 37.4. The maximum Gasteiger partial charge on any atom is 0.313 e. The average molecular weight is 396 g/mol. The molecule has 0 aliphatic rings. The second kappa shape index (κ2) is 6.16. The number of nitrogens with zero attached hydrogens (tertiary/aromatic N) is 2. The van der Waals surface area contributed by atoms with Gasteiger partial charge in [0, 0.05) is 18.2 Å². The van der Waals surface area contributed by atoms with Crippen LogP contribution in [0.25, 0.3) is 0 Å². The maximum absolute atomic E-state index is 11.5. The molecule has 2 aromatic rings. The highest BCUT2D eigenvalue weighted by molar-refractivity contribution is 7.87. The van der Waals surface area contributed by atoms with Gasteiger partial charge < -0.3 is 25.1 Å². The molecule has 0 fully saturated rings. The predicted octanol–water partition coefficient (Wildman–Crippen LogP) is 0.631. The van der Waals surface area contributed by atoms with Gasteiger partial charge in [-0.15, -0.1) is 30.0 Å². The minimum atomic E-state index is -4.59. The van der Waals surface area contributed by atoms with E-state index in [-0.39, 0.29) is 20.3 Å². The molecule has 2 rings (SSSR count). The Kier molecular flexibility index (Phi) is 4.72. The van der Waals surface area contributed by atoms with Crippen LogP contribution in [-0.2, 0) is 21.5 Å². The monoisotopic (exact) mass is 396 g/mol. The second-order valence-electron chi connectivity index (χ2n) is 4.76. The quantitative estimate of drug-likeness (QED) is 0.220. The summed E-state index contributed by atoms with van der Waals surface area (Å²) < 4.78 is 32.7. The van der Waals surface area contributed by atoms with Gasteiger partial charge in [-0.2, -0.15) is 8.42 Å². The van der Waals surface area contributed by atoms with E-state index in [2.05, 4.69) is 25.3 Å². The predicted molar refractivity (Wildman–Crippen MR) is 84.1 cm³/mol. The summed E-state index contributed by atoms with van der Waals surface area (Å²) in [6, 6.07) is 1.83. The third-order valence-electron chi connectivity index (χ3n) is 3.29. The minimum absolute atomic E-state index is 0.00619. The Labute approximate surface area is 146 Å². The Morgan fingerprint density at radius 3 is 2.21 bits per heavy atom. The Balaban J connectivity index is 2.52. The van der Waals surface area contributed by atoms with Crippen LogP contribution < -0.4 is 0 Å². The third kappa shape index (κ3) is 3.15. The van der Waals surface area contributed by atoms with Crippen molar-refractivity contribution in [3.05, 3.63) is 17.7 Å². The molecule has 0 saturated heterocycles. The molecule has 1 unspecified atom stereocenters. The number of hydrogen-bond acceptors (Lipinski definition) is 8. The van der Waals surface area contributed by atoms with Crippen LogP contribution in [0.4, 0.5) is 0 Å². The lowest BCUT2D eigenvalue weighted by atomic mass is 10.0. The molecule has 2 heterocycles. The summed E-state index contributed by atoms with van der Waals surface area (Å²) in [6.45, 7) is -0.445. The van der Waals surface area contributed by atoms with Gasteiger partial charge in [-0.1, -0.05) is 0 Å². The van der Waals surface area contributed by atoms with Crippen LogP contribution in [-0.4, -0.2) is 48.8 Å². The van der Waals surface area contributed by atoms with Crippen molar-refractivity contribution in [1.29, 1.82) is 0 Å². The van der Waals surface area contributed by atoms with E-state index in [1.807, 2.05) is 0 Å². The van der Waals surface area contributed by atoms with Crippen molar-refractivity contribution in [2.45, 2.75) is 27.4 Å². The summed E-state index contributed by atoms with van der Waals surface area (Å²) >= 11 is 7.95. The van der Waals surface area contributed by atoms with E-state index in [0.29, 0.717) is 0 Å². The molecule has 5 N–H and O–H groups in total. The van der Waals surface area contributed by atoms with Crippen molar-refractivity contribution >= 4 is 41.3 Å². The Morgan fingerprint density at radius 2 is 1.83 bits per heavy atom. The zero-order chi connectivity index (χ0) is 18.4. The molecule has 0 aromatic carbocycles. The Morgan fingerprint density at radius 1 is 1.25 bits per heavy atom. The van der Waals surface area contributed by atoms with Crippen LogP contribution in [0, 0.1) is 0 Å². The first-order valence-electron chi connectivity index (χ1n) is 6.09. The summed E-state index contributed by atoms with van der Waals surface area (Å²) in [7, 11) is -4.59. The van der Waals surface area contributed by atoms with E-state index in [0.717, 1.165) is 16.7 Å². The van der Waals surface area contributed by atoms with Crippen molar-refractivity contribution in [3.8, 4) is 11.8 Å². The molecule has 0 radical (unpaired) electrons. The highest BCUT2D eigenvalue weighted by atomic mass is 32.2. The van der Waals surface area contributed by atoms with Gasteiger partial charge in [0.1, 0.15) is 10.8 Å². The molecule has 0 spiro atoms. The number of aliphatic carboxylic acids is 1. The van der Waals surface area contributed by atoms with Crippen molar-refractivity contribution in [1.82, 2.24) is 9.30 Å². The molecule has 0 saturated carbocycles. The lowest BCUT2D eigenvalue weighted by Gasteiger charge is -2.15. The summed E-state index contributed by atoms with van der Waals surface area (Å²) in [5.74, 6) is -4.58. The minimum Gasteiger partial charge on any atom is -0.492 e. The van der Waals surface area contributed by atoms with Gasteiger partial charge in [-0.3, -0.25) is 9.35 Å². The van der Waals surface area contributed by atoms with Gasteiger partial charge in [0.25, 0.3) is 10.1 Å². The fourth-order valence-electron chi connectivity index (χ4n) is 2.12. The molecule has 0 bridgehead atoms. The number of carbonyl (C=O) groups is 1. The summed E-state index contributed by atoms with van der Waals surface area (Å²) in [4.78, 5) is 10.9. The number of aromatic hydroxyl groups is 2. The number of aromatic nitrogens is 2. The molecule has 13 heteroatoms. The topological polar surface area (TPSA) is 162 Å². The fraction of sp³-hybridized carbons (Fsp3) is 0.182. The van der Waals surface area contributed by atoms with Gasteiger partial charge >= 0.3 is 5.97 Å². The first-order chi connectivity index (χ1) is 10.9. The molecule has 132 valence electrons. The maximum atomic E-state index is 11.5. The average Bonchev–Trinajstić information content (AvgIpc) is 2.88. The molecule has 0 aliphatic carbocycles. The van der Waals surface area contributed by atoms with Gasteiger partial charge in [0.15, 0.2) is 0 Å². The lowest BCUT2D eigenvalue weighted by Crippen LogP contribution is -2.18. The number of carboxylic acid groups (broad SMARTS) is 1. The van der Waals surface area contributed by atoms with Crippen molar-refractivity contribution in [3.63, 3.8) is 0 Å². The van der Waals surface area contributed by atoms with Gasteiger partial charge in [-0.25, -0.2) is 0 Å². The molecule has 1 atom stereocenters. The molecule has 24 heavy (non-hydrogen) atoms. The zero-order valence-corrected chi connectivity index (χ0v) is 14.2. The van der Waals surface area contributed by atoms with Gasteiger partial charge in [0.2, 0.25) is 11.8 Å². The lowest BCUT2D eigenvalue weighted by molar-refractivity contribution is -0.139. The van der Waals surface area contributed by atoms with Crippen LogP contribution in [0.5, 0.6) is 11.8 Å².